The number of urea groups is 1. The van der Waals surface area contributed by atoms with Crippen molar-refractivity contribution in [2.45, 2.75) is 6.92 Å². The molecule has 1 aromatic carbocycles. The van der Waals surface area contributed by atoms with Gasteiger partial charge in [0.05, 0.1) is 16.1 Å². The van der Waals surface area contributed by atoms with Crippen LogP contribution in [-0.4, -0.2) is 46.7 Å². The van der Waals surface area contributed by atoms with Gasteiger partial charge in [-0.25, -0.2) is 4.79 Å². The largest absolute Gasteiger partial charge is 0.338 e. The Hall–Kier alpha value is -3.30. The minimum Gasteiger partial charge on any atom is -0.338 e. The zero-order valence-corrected chi connectivity index (χ0v) is 12.0. The highest BCUT2D eigenvalue weighted by Gasteiger charge is 2.37. The highest BCUT2D eigenvalue weighted by molar-refractivity contribution is 6.22. The molecule has 2 N–H and O–H groups in total. The van der Waals surface area contributed by atoms with Crippen LogP contribution in [0.1, 0.15) is 27.6 Å². The van der Waals surface area contributed by atoms with Gasteiger partial charge in [0.1, 0.15) is 6.54 Å². The number of rotatable bonds is 4. The van der Waals surface area contributed by atoms with Crippen molar-refractivity contribution in [3.8, 4) is 0 Å². The van der Waals surface area contributed by atoms with Crippen LogP contribution in [0.5, 0.6) is 0 Å². The van der Waals surface area contributed by atoms with E-state index in [-0.39, 0.29) is 16.8 Å². The Bertz CT molecular complexity index is 729. The molecule has 10 heteroatoms. The van der Waals surface area contributed by atoms with E-state index in [1.807, 2.05) is 5.32 Å². The third kappa shape index (κ3) is 3.15. The van der Waals surface area contributed by atoms with E-state index in [0.29, 0.717) is 11.4 Å². The van der Waals surface area contributed by atoms with Gasteiger partial charge < -0.3 is 5.32 Å². The second-order valence-electron chi connectivity index (χ2n) is 4.59. The predicted molar refractivity (Wildman–Crippen MR) is 75.7 cm³/mol. The molecule has 0 spiro atoms. The van der Waals surface area contributed by atoms with Gasteiger partial charge in [0.15, 0.2) is 0 Å². The first-order valence-corrected chi connectivity index (χ1v) is 6.57. The summed E-state index contributed by atoms with van der Waals surface area (Å²) in [4.78, 5) is 57.8. The number of carbonyl (C=O) groups is 4. The Morgan fingerprint density at radius 1 is 1.22 bits per heavy atom. The molecule has 2 rings (SSSR count). The SMILES string of the molecule is CCNC(=O)NC(=O)CN1C(=O)c2ccc([N+](=O)[O-])cc2C1=O. The molecule has 1 aromatic rings. The molecule has 10 nitrogen and oxygen atoms in total. The van der Waals surface area contributed by atoms with Crippen molar-refractivity contribution >= 4 is 29.4 Å². The molecular weight excluding hydrogens is 308 g/mol. The number of benzene rings is 1. The number of non-ortho nitro benzene ring substituents is 1. The van der Waals surface area contributed by atoms with Crippen LogP contribution < -0.4 is 10.6 Å². The summed E-state index contributed by atoms with van der Waals surface area (Å²) in [5.41, 5.74) is -0.500. The van der Waals surface area contributed by atoms with Crippen LogP contribution in [0, 0.1) is 10.1 Å². The molecular formula is C13H12N4O6. The van der Waals surface area contributed by atoms with Crippen LogP contribution in [0.3, 0.4) is 0 Å². The fourth-order valence-electron chi connectivity index (χ4n) is 2.05. The summed E-state index contributed by atoms with van der Waals surface area (Å²) in [6.45, 7) is 1.30. The molecule has 0 saturated heterocycles. The lowest BCUT2D eigenvalue weighted by molar-refractivity contribution is -0.384. The molecule has 0 radical (unpaired) electrons. The van der Waals surface area contributed by atoms with Gasteiger partial charge in [-0.1, -0.05) is 0 Å². The van der Waals surface area contributed by atoms with Gasteiger partial charge in [0, 0.05) is 18.7 Å². The summed E-state index contributed by atoms with van der Waals surface area (Å²) in [5, 5.41) is 15.0. The number of nitro groups is 1. The number of imide groups is 2. The summed E-state index contributed by atoms with van der Waals surface area (Å²) >= 11 is 0. The monoisotopic (exact) mass is 320 g/mol. The van der Waals surface area contributed by atoms with E-state index < -0.39 is 35.2 Å². The van der Waals surface area contributed by atoms with Crippen LogP contribution in [0.15, 0.2) is 18.2 Å². The molecule has 5 amide bonds. The van der Waals surface area contributed by atoms with Gasteiger partial charge >= 0.3 is 6.03 Å². The number of fused-ring (bicyclic) bond motifs is 1. The molecule has 0 atom stereocenters. The topological polar surface area (TPSA) is 139 Å². The Labute approximate surface area is 129 Å². The van der Waals surface area contributed by atoms with Crippen LogP contribution in [0.25, 0.3) is 0 Å². The first-order valence-electron chi connectivity index (χ1n) is 6.57. The molecule has 1 aliphatic heterocycles. The van der Waals surface area contributed by atoms with Crippen molar-refractivity contribution in [1.29, 1.82) is 0 Å². The van der Waals surface area contributed by atoms with Crippen molar-refractivity contribution in [2.75, 3.05) is 13.1 Å². The lowest BCUT2D eigenvalue weighted by atomic mass is 10.1. The van der Waals surface area contributed by atoms with Gasteiger partial charge in [-0.05, 0) is 13.0 Å². The second-order valence-corrected chi connectivity index (χ2v) is 4.59. The molecule has 23 heavy (non-hydrogen) atoms. The fourth-order valence-corrected chi connectivity index (χ4v) is 2.05. The van der Waals surface area contributed by atoms with E-state index in [2.05, 4.69) is 5.32 Å². The number of amides is 5. The number of nitro benzene ring substituents is 1. The maximum Gasteiger partial charge on any atom is 0.321 e. The number of nitrogens with one attached hydrogen (secondary N) is 2. The average molecular weight is 320 g/mol. The zero-order chi connectivity index (χ0) is 17.1. The quantitative estimate of drug-likeness (QED) is 0.456. The van der Waals surface area contributed by atoms with Gasteiger partial charge in [-0.15, -0.1) is 0 Å². The van der Waals surface area contributed by atoms with E-state index in [1.54, 1.807) is 6.92 Å². The minimum atomic E-state index is -0.847. The van der Waals surface area contributed by atoms with Crippen molar-refractivity contribution in [1.82, 2.24) is 15.5 Å². The summed E-state index contributed by atoms with van der Waals surface area (Å²) in [5.74, 6) is -2.41. The smallest absolute Gasteiger partial charge is 0.321 e. The van der Waals surface area contributed by atoms with Crippen molar-refractivity contribution < 1.29 is 24.1 Å². The lowest BCUT2D eigenvalue weighted by Crippen LogP contribution is -2.45. The van der Waals surface area contributed by atoms with Gasteiger partial charge in [-0.3, -0.25) is 34.7 Å². The van der Waals surface area contributed by atoms with Crippen LogP contribution in [0.4, 0.5) is 10.5 Å². The molecule has 120 valence electrons. The Kier molecular flexibility index (Phi) is 4.35. The van der Waals surface area contributed by atoms with E-state index in [1.165, 1.54) is 0 Å². The molecule has 0 aromatic heterocycles. The highest BCUT2D eigenvalue weighted by Crippen LogP contribution is 2.26. The standard InChI is InChI=1S/C13H12N4O6/c1-2-14-13(21)15-10(18)6-16-11(19)8-4-3-7(17(22)23)5-9(8)12(16)20/h3-5H,2,6H2,1H3,(H2,14,15,18,21). The van der Waals surface area contributed by atoms with Crippen molar-refractivity contribution in [3.05, 3.63) is 39.4 Å². The van der Waals surface area contributed by atoms with Crippen molar-refractivity contribution in [2.24, 2.45) is 0 Å². The van der Waals surface area contributed by atoms with Crippen LogP contribution in [0.2, 0.25) is 0 Å². The molecule has 1 aliphatic rings. The van der Waals surface area contributed by atoms with Gasteiger partial charge in [0.2, 0.25) is 5.91 Å². The predicted octanol–water partition coefficient (Wildman–Crippen LogP) is 0.0365. The molecule has 0 fully saturated rings. The zero-order valence-electron chi connectivity index (χ0n) is 12.0. The Balaban J connectivity index is 2.15. The van der Waals surface area contributed by atoms with Gasteiger partial charge in [-0.2, -0.15) is 0 Å². The second kappa shape index (κ2) is 6.22. The maximum atomic E-state index is 12.1. The maximum absolute atomic E-state index is 12.1. The van der Waals surface area contributed by atoms with Crippen LogP contribution in [-0.2, 0) is 4.79 Å². The van der Waals surface area contributed by atoms with Crippen molar-refractivity contribution in [3.63, 3.8) is 0 Å². The summed E-state index contributed by atoms with van der Waals surface area (Å²) in [7, 11) is 0. The summed E-state index contributed by atoms with van der Waals surface area (Å²) in [6.07, 6.45) is 0. The molecule has 0 unspecified atom stereocenters. The summed E-state index contributed by atoms with van der Waals surface area (Å²) < 4.78 is 0. The Morgan fingerprint density at radius 2 is 1.87 bits per heavy atom. The molecule has 0 aliphatic carbocycles. The first kappa shape index (κ1) is 16.1. The molecule has 0 bridgehead atoms. The number of carbonyl (C=O) groups excluding carboxylic acids is 4. The van der Waals surface area contributed by atoms with E-state index in [0.717, 1.165) is 18.2 Å². The Morgan fingerprint density at radius 3 is 2.48 bits per heavy atom. The van der Waals surface area contributed by atoms with E-state index >= 15 is 0 Å². The molecule has 1 heterocycles. The first-order chi connectivity index (χ1) is 10.8. The van der Waals surface area contributed by atoms with E-state index in [9.17, 15) is 29.3 Å². The fraction of sp³-hybridized carbons (Fsp3) is 0.231. The lowest BCUT2D eigenvalue weighted by Gasteiger charge is -2.13. The van der Waals surface area contributed by atoms with Crippen LogP contribution >= 0.6 is 0 Å². The molecule has 0 saturated carbocycles. The normalized spacial score (nSPS) is 12.8. The number of hydrogen-bond donors (Lipinski definition) is 2. The minimum absolute atomic E-state index is 0.0218. The number of nitrogens with zero attached hydrogens (tertiary/aromatic N) is 2. The third-order valence-corrected chi connectivity index (χ3v) is 3.06. The average Bonchev–Trinajstić information content (AvgIpc) is 2.72. The number of hydrogen-bond acceptors (Lipinski definition) is 6. The summed E-state index contributed by atoms with van der Waals surface area (Å²) in [6, 6.07) is 2.50. The highest BCUT2D eigenvalue weighted by atomic mass is 16.6. The third-order valence-electron chi connectivity index (χ3n) is 3.06. The van der Waals surface area contributed by atoms with Gasteiger partial charge in [0.25, 0.3) is 17.5 Å². The van der Waals surface area contributed by atoms with E-state index in [4.69, 9.17) is 0 Å².